The third-order valence-electron chi connectivity index (χ3n) is 6.24. The number of amides is 1. The van der Waals surface area contributed by atoms with Crippen molar-refractivity contribution in [1.29, 1.82) is 0 Å². The van der Waals surface area contributed by atoms with Crippen molar-refractivity contribution in [1.82, 2.24) is 4.98 Å². The van der Waals surface area contributed by atoms with Crippen molar-refractivity contribution in [3.63, 3.8) is 0 Å². The molecule has 2 aliphatic rings. The Morgan fingerprint density at radius 2 is 1.84 bits per heavy atom. The number of thiophene rings is 2. The van der Waals surface area contributed by atoms with Crippen molar-refractivity contribution in [2.75, 3.05) is 18.2 Å². The summed E-state index contributed by atoms with van der Waals surface area (Å²) in [7, 11) is 1.38. The van der Waals surface area contributed by atoms with Crippen molar-refractivity contribution >= 4 is 55.5 Å². The lowest BCUT2D eigenvalue weighted by atomic mass is 9.95. The maximum Gasteiger partial charge on any atom is 0.341 e. The fraction of sp³-hybridized carbons (Fsp3) is 0.435. The molecule has 2 aliphatic carbocycles. The number of carbonyl (C=O) groups excluding carboxylic acids is 2. The fourth-order valence-electron chi connectivity index (χ4n) is 4.64. The molecule has 0 bridgehead atoms. The Morgan fingerprint density at radius 1 is 1.06 bits per heavy atom. The molecule has 0 unspecified atom stereocenters. The number of nitrogens with zero attached hydrogens (tertiary/aromatic N) is 1. The number of anilines is 2. The van der Waals surface area contributed by atoms with Crippen LogP contribution >= 0.6 is 22.7 Å². The van der Waals surface area contributed by atoms with Crippen molar-refractivity contribution in [2.24, 2.45) is 0 Å². The molecule has 0 atom stereocenters. The molecule has 0 radical (unpaired) electrons. The van der Waals surface area contributed by atoms with Gasteiger partial charge in [-0.3, -0.25) is 4.79 Å². The van der Waals surface area contributed by atoms with E-state index in [9.17, 15) is 9.59 Å². The molecule has 0 saturated carbocycles. The summed E-state index contributed by atoms with van der Waals surface area (Å²) in [5.74, 6) is -0.687. The molecular formula is C23H25N3O3S2. The number of nitrogens with one attached hydrogen (secondary N) is 1. The Kier molecular flexibility index (Phi) is 5.44. The van der Waals surface area contributed by atoms with Gasteiger partial charge >= 0.3 is 5.97 Å². The van der Waals surface area contributed by atoms with Crippen LogP contribution in [0.25, 0.3) is 10.2 Å². The van der Waals surface area contributed by atoms with Gasteiger partial charge in [0.15, 0.2) is 0 Å². The zero-order chi connectivity index (χ0) is 21.5. The van der Waals surface area contributed by atoms with E-state index in [1.54, 1.807) is 0 Å². The molecule has 0 fully saturated rings. The average Bonchev–Trinajstić information content (AvgIpc) is 3.18. The first kappa shape index (κ1) is 20.5. The van der Waals surface area contributed by atoms with Crippen molar-refractivity contribution in [2.45, 2.75) is 57.8 Å². The summed E-state index contributed by atoms with van der Waals surface area (Å²) in [6.45, 7) is 0. The summed E-state index contributed by atoms with van der Waals surface area (Å²) in [4.78, 5) is 33.0. The van der Waals surface area contributed by atoms with E-state index in [0.717, 1.165) is 79.3 Å². The van der Waals surface area contributed by atoms with Crippen LogP contribution in [0.3, 0.4) is 0 Å². The molecule has 3 N–H and O–H groups in total. The number of fused-ring (bicyclic) bond motifs is 3. The Balaban J connectivity index is 1.51. The largest absolute Gasteiger partial charge is 0.465 e. The number of esters is 1. The van der Waals surface area contributed by atoms with Crippen LogP contribution < -0.4 is 11.1 Å². The third-order valence-corrected chi connectivity index (χ3v) is 8.56. The highest BCUT2D eigenvalue weighted by Gasteiger charge is 2.28. The molecule has 0 saturated heterocycles. The molecule has 31 heavy (non-hydrogen) atoms. The predicted octanol–water partition coefficient (Wildman–Crippen LogP) is 5.13. The maximum absolute atomic E-state index is 13.2. The van der Waals surface area contributed by atoms with Crippen LogP contribution in [0.1, 0.15) is 73.8 Å². The smallest absolute Gasteiger partial charge is 0.341 e. The van der Waals surface area contributed by atoms with Gasteiger partial charge in [0.1, 0.15) is 14.7 Å². The van der Waals surface area contributed by atoms with Crippen LogP contribution in [0.5, 0.6) is 0 Å². The average molecular weight is 456 g/mol. The van der Waals surface area contributed by atoms with Gasteiger partial charge < -0.3 is 15.8 Å². The van der Waals surface area contributed by atoms with E-state index >= 15 is 0 Å². The standard InChI is InChI=1S/C23H25N3O3S2/c1-29-23(28)17-13-8-3-2-4-10-16(13)30-22(17)26-20(27)19-18(24)14-11-12-7-5-6-9-15(12)25-21(14)31-19/h11H,2-10,24H2,1H3,(H,26,27). The van der Waals surface area contributed by atoms with Crippen LogP contribution in [0.15, 0.2) is 6.07 Å². The molecule has 8 heteroatoms. The lowest BCUT2D eigenvalue weighted by Gasteiger charge is -2.14. The van der Waals surface area contributed by atoms with Crippen molar-refractivity contribution in [3.8, 4) is 0 Å². The number of ether oxygens (including phenoxy) is 1. The fourth-order valence-corrected chi connectivity index (χ4v) is 6.90. The molecule has 0 aromatic carbocycles. The monoisotopic (exact) mass is 455 g/mol. The second-order valence-corrected chi connectivity index (χ2v) is 10.3. The van der Waals surface area contributed by atoms with Gasteiger partial charge in [-0.15, -0.1) is 22.7 Å². The van der Waals surface area contributed by atoms with E-state index in [1.165, 1.54) is 40.2 Å². The van der Waals surface area contributed by atoms with E-state index in [0.29, 0.717) is 21.1 Å². The summed E-state index contributed by atoms with van der Waals surface area (Å²) >= 11 is 2.81. The maximum atomic E-state index is 13.2. The molecular weight excluding hydrogens is 430 g/mol. The van der Waals surface area contributed by atoms with E-state index in [-0.39, 0.29) is 5.91 Å². The minimum Gasteiger partial charge on any atom is -0.465 e. The van der Waals surface area contributed by atoms with Gasteiger partial charge in [-0.1, -0.05) is 6.42 Å². The number of pyridine rings is 1. The Morgan fingerprint density at radius 3 is 2.68 bits per heavy atom. The summed E-state index contributed by atoms with van der Waals surface area (Å²) in [6, 6.07) is 2.10. The number of hydrogen-bond donors (Lipinski definition) is 2. The zero-order valence-corrected chi connectivity index (χ0v) is 19.1. The highest BCUT2D eigenvalue weighted by Crippen LogP contribution is 2.40. The van der Waals surface area contributed by atoms with Crippen LogP contribution in [0.4, 0.5) is 10.7 Å². The number of rotatable bonds is 3. The Bertz CT molecular complexity index is 1190. The van der Waals surface area contributed by atoms with E-state index < -0.39 is 5.97 Å². The minimum absolute atomic E-state index is 0.292. The topological polar surface area (TPSA) is 94.3 Å². The second-order valence-electron chi connectivity index (χ2n) is 8.21. The van der Waals surface area contributed by atoms with E-state index in [2.05, 4.69) is 11.4 Å². The van der Waals surface area contributed by atoms with Gasteiger partial charge in [-0.05, 0) is 68.6 Å². The molecule has 5 rings (SSSR count). The normalized spacial score (nSPS) is 15.8. The van der Waals surface area contributed by atoms with Crippen molar-refractivity contribution in [3.05, 3.63) is 38.2 Å². The lowest BCUT2D eigenvalue weighted by Crippen LogP contribution is -2.14. The van der Waals surface area contributed by atoms with Crippen LogP contribution in [0.2, 0.25) is 0 Å². The first-order valence-electron chi connectivity index (χ1n) is 10.8. The highest BCUT2D eigenvalue weighted by atomic mass is 32.1. The molecule has 3 aromatic rings. The number of nitrogen functional groups attached to an aromatic ring is 1. The first-order chi connectivity index (χ1) is 15.1. The quantitative estimate of drug-likeness (QED) is 0.422. The number of methoxy groups -OCH3 is 1. The van der Waals surface area contributed by atoms with Gasteiger partial charge in [-0.2, -0.15) is 0 Å². The second kappa shape index (κ2) is 8.24. The van der Waals surface area contributed by atoms with Gasteiger partial charge in [0.25, 0.3) is 5.91 Å². The summed E-state index contributed by atoms with van der Waals surface area (Å²) in [5.41, 5.74) is 10.8. The molecule has 3 aromatic heterocycles. The number of hydrogen-bond acceptors (Lipinski definition) is 7. The number of aromatic nitrogens is 1. The van der Waals surface area contributed by atoms with Crippen LogP contribution in [0, 0.1) is 0 Å². The lowest BCUT2D eigenvalue weighted by molar-refractivity contribution is 0.0601. The third kappa shape index (κ3) is 3.61. The van der Waals surface area contributed by atoms with Crippen molar-refractivity contribution < 1.29 is 14.3 Å². The summed E-state index contributed by atoms with van der Waals surface area (Å²) in [6.07, 6.45) is 9.37. The van der Waals surface area contributed by atoms with Gasteiger partial charge in [-0.25, -0.2) is 9.78 Å². The number of aryl methyl sites for hydroxylation is 3. The summed E-state index contributed by atoms with van der Waals surface area (Å²) in [5, 5.41) is 4.39. The minimum atomic E-state index is -0.395. The van der Waals surface area contributed by atoms with Gasteiger partial charge in [0.2, 0.25) is 0 Å². The van der Waals surface area contributed by atoms with Gasteiger partial charge in [0.05, 0.1) is 18.4 Å². The van der Waals surface area contributed by atoms with E-state index in [4.69, 9.17) is 15.5 Å². The Labute approximate surface area is 188 Å². The van der Waals surface area contributed by atoms with Crippen LogP contribution in [-0.4, -0.2) is 24.0 Å². The van der Waals surface area contributed by atoms with Gasteiger partial charge in [0, 0.05) is 16.0 Å². The summed E-state index contributed by atoms with van der Waals surface area (Å²) < 4.78 is 5.04. The van der Waals surface area contributed by atoms with Crippen LogP contribution in [-0.2, 0) is 30.4 Å². The zero-order valence-electron chi connectivity index (χ0n) is 17.5. The molecule has 3 heterocycles. The highest BCUT2D eigenvalue weighted by molar-refractivity contribution is 7.21. The Hall–Kier alpha value is -2.45. The molecule has 1 amide bonds. The molecule has 0 aliphatic heterocycles. The molecule has 6 nitrogen and oxygen atoms in total. The SMILES string of the molecule is COC(=O)c1c(NC(=O)c2sc3nc4c(cc3c2N)CCCC4)sc2c1CCCCC2. The first-order valence-corrected chi connectivity index (χ1v) is 12.4. The molecule has 0 spiro atoms. The number of carbonyl (C=O) groups is 2. The molecule has 162 valence electrons. The predicted molar refractivity (Wildman–Crippen MR) is 126 cm³/mol. The van der Waals surface area contributed by atoms with E-state index in [1.807, 2.05) is 0 Å². The number of nitrogens with two attached hydrogens (primary N) is 1.